The Morgan fingerprint density at radius 2 is 1.74 bits per heavy atom. The van der Waals surface area contributed by atoms with Crippen molar-refractivity contribution < 1.29 is 4.74 Å². The molecule has 2 rings (SSSR count). The third-order valence-electron chi connectivity index (χ3n) is 4.25. The van der Waals surface area contributed by atoms with Gasteiger partial charge in [-0.1, -0.05) is 0 Å². The molecular weight excluding hydrogens is 240 g/mol. The number of ether oxygens (including phenoxy) is 1. The van der Waals surface area contributed by atoms with Crippen molar-refractivity contribution in [3.63, 3.8) is 0 Å². The van der Waals surface area contributed by atoms with Crippen molar-refractivity contribution >= 4 is 0 Å². The lowest BCUT2D eigenvalue weighted by atomic mass is 9.96. The molecule has 0 aromatic rings. The molecule has 0 atom stereocenters. The Morgan fingerprint density at radius 3 is 2.42 bits per heavy atom. The van der Waals surface area contributed by atoms with Crippen molar-refractivity contribution in [2.24, 2.45) is 11.7 Å². The minimum atomic E-state index is 0.632. The average molecular weight is 270 g/mol. The summed E-state index contributed by atoms with van der Waals surface area (Å²) in [6.07, 6.45) is 2.70. The fraction of sp³-hybridized carbons (Fsp3) is 1.00. The minimum Gasteiger partial charge on any atom is -0.379 e. The average Bonchev–Trinajstić information content (AvgIpc) is 2.46. The zero-order chi connectivity index (χ0) is 13.3. The maximum absolute atomic E-state index is 5.45. The molecule has 2 fully saturated rings. The van der Waals surface area contributed by atoms with E-state index in [4.69, 9.17) is 10.5 Å². The number of hydrogen-bond donors (Lipinski definition) is 2. The van der Waals surface area contributed by atoms with Gasteiger partial charge in [0.2, 0.25) is 0 Å². The van der Waals surface area contributed by atoms with Crippen LogP contribution in [0.5, 0.6) is 0 Å². The lowest BCUT2D eigenvalue weighted by Gasteiger charge is -2.36. The monoisotopic (exact) mass is 270 g/mol. The second-order valence-electron chi connectivity index (χ2n) is 5.74. The van der Waals surface area contributed by atoms with Crippen molar-refractivity contribution in [1.82, 2.24) is 15.1 Å². The molecule has 19 heavy (non-hydrogen) atoms. The lowest BCUT2D eigenvalue weighted by Crippen LogP contribution is -2.47. The Balaban J connectivity index is 1.54. The first kappa shape index (κ1) is 15.2. The standard InChI is InChI=1S/C14H30N4O/c15-3-11-19-12-10-17-6-1-14(2-7-17)13-18-8-4-16-5-9-18/h14,16H,1-13,15H2. The highest BCUT2D eigenvalue weighted by atomic mass is 16.5. The number of likely N-dealkylation sites (tertiary alicyclic amines) is 1. The molecule has 3 N–H and O–H groups in total. The van der Waals surface area contributed by atoms with Gasteiger partial charge in [0.1, 0.15) is 0 Å². The van der Waals surface area contributed by atoms with E-state index < -0.39 is 0 Å². The molecule has 0 aromatic heterocycles. The summed E-state index contributed by atoms with van der Waals surface area (Å²) >= 11 is 0. The summed E-state index contributed by atoms with van der Waals surface area (Å²) in [5.74, 6) is 0.902. The largest absolute Gasteiger partial charge is 0.379 e. The van der Waals surface area contributed by atoms with Gasteiger partial charge in [-0.15, -0.1) is 0 Å². The smallest absolute Gasteiger partial charge is 0.0594 e. The van der Waals surface area contributed by atoms with E-state index in [9.17, 15) is 0 Å². The molecule has 112 valence electrons. The van der Waals surface area contributed by atoms with Crippen molar-refractivity contribution in [2.75, 3.05) is 72.1 Å². The topological polar surface area (TPSA) is 53.8 Å². The maximum atomic E-state index is 5.45. The highest BCUT2D eigenvalue weighted by molar-refractivity contribution is 4.77. The van der Waals surface area contributed by atoms with Gasteiger partial charge in [0, 0.05) is 45.8 Å². The molecule has 0 unspecified atom stereocenters. The van der Waals surface area contributed by atoms with E-state index in [1.807, 2.05) is 0 Å². The first-order valence-electron chi connectivity index (χ1n) is 7.81. The van der Waals surface area contributed by atoms with E-state index >= 15 is 0 Å². The van der Waals surface area contributed by atoms with Crippen LogP contribution < -0.4 is 11.1 Å². The first-order chi connectivity index (χ1) is 9.38. The number of nitrogens with one attached hydrogen (secondary N) is 1. The fourth-order valence-electron chi connectivity index (χ4n) is 3.03. The number of piperidine rings is 1. The van der Waals surface area contributed by atoms with Gasteiger partial charge >= 0.3 is 0 Å². The number of nitrogens with zero attached hydrogens (tertiary/aromatic N) is 2. The molecule has 0 bridgehead atoms. The Hall–Kier alpha value is -0.200. The Bertz CT molecular complexity index is 225. The molecule has 0 spiro atoms. The van der Waals surface area contributed by atoms with Gasteiger partial charge in [-0.05, 0) is 31.8 Å². The van der Waals surface area contributed by atoms with E-state index in [1.54, 1.807) is 0 Å². The molecule has 2 heterocycles. The number of hydrogen-bond acceptors (Lipinski definition) is 5. The summed E-state index contributed by atoms with van der Waals surface area (Å²) in [6.45, 7) is 11.8. The van der Waals surface area contributed by atoms with Crippen LogP contribution in [0.25, 0.3) is 0 Å². The van der Waals surface area contributed by atoms with E-state index in [-0.39, 0.29) is 0 Å². The van der Waals surface area contributed by atoms with E-state index in [2.05, 4.69) is 15.1 Å². The number of rotatable bonds is 7. The molecule has 0 saturated carbocycles. The van der Waals surface area contributed by atoms with Crippen LogP contribution in [-0.4, -0.2) is 81.9 Å². The van der Waals surface area contributed by atoms with Crippen molar-refractivity contribution in [3.8, 4) is 0 Å². The van der Waals surface area contributed by atoms with Crippen LogP contribution in [0.4, 0.5) is 0 Å². The van der Waals surface area contributed by atoms with Gasteiger partial charge < -0.3 is 25.6 Å². The molecule has 2 aliphatic heterocycles. The third kappa shape index (κ3) is 5.75. The molecule has 2 aliphatic rings. The van der Waals surface area contributed by atoms with Crippen molar-refractivity contribution in [2.45, 2.75) is 12.8 Å². The Morgan fingerprint density at radius 1 is 1.00 bits per heavy atom. The van der Waals surface area contributed by atoms with E-state index in [1.165, 1.54) is 45.6 Å². The fourth-order valence-corrected chi connectivity index (χ4v) is 3.03. The highest BCUT2D eigenvalue weighted by Gasteiger charge is 2.21. The predicted molar refractivity (Wildman–Crippen MR) is 78.3 cm³/mol. The van der Waals surface area contributed by atoms with Gasteiger partial charge in [-0.25, -0.2) is 0 Å². The predicted octanol–water partition coefficient (Wildman–Crippen LogP) is -0.421. The van der Waals surface area contributed by atoms with E-state index in [0.717, 1.165) is 32.2 Å². The van der Waals surface area contributed by atoms with Crippen molar-refractivity contribution in [3.05, 3.63) is 0 Å². The van der Waals surface area contributed by atoms with Crippen LogP contribution in [0, 0.1) is 5.92 Å². The molecular formula is C14H30N4O. The number of piperazine rings is 1. The van der Waals surface area contributed by atoms with Gasteiger partial charge in [0.15, 0.2) is 0 Å². The normalized spacial score (nSPS) is 23.8. The van der Waals surface area contributed by atoms with Gasteiger partial charge in [0.25, 0.3) is 0 Å². The van der Waals surface area contributed by atoms with Crippen LogP contribution in [0.3, 0.4) is 0 Å². The van der Waals surface area contributed by atoms with Crippen LogP contribution in [0.15, 0.2) is 0 Å². The van der Waals surface area contributed by atoms with Crippen LogP contribution in [-0.2, 0) is 4.74 Å². The zero-order valence-corrected chi connectivity index (χ0v) is 12.1. The molecule has 5 heteroatoms. The first-order valence-corrected chi connectivity index (χ1v) is 7.81. The summed E-state index contributed by atoms with van der Waals surface area (Å²) in [7, 11) is 0. The second kappa shape index (κ2) is 8.87. The third-order valence-corrected chi connectivity index (χ3v) is 4.25. The summed E-state index contributed by atoms with van der Waals surface area (Å²) in [4.78, 5) is 5.16. The quantitative estimate of drug-likeness (QED) is 0.615. The summed E-state index contributed by atoms with van der Waals surface area (Å²) < 4.78 is 5.45. The Labute approximate surface area is 117 Å². The second-order valence-corrected chi connectivity index (χ2v) is 5.74. The molecule has 0 radical (unpaired) electrons. The molecule has 5 nitrogen and oxygen atoms in total. The molecule has 0 aliphatic carbocycles. The van der Waals surface area contributed by atoms with Gasteiger partial charge in [-0.3, -0.25) is 0 Å². The zero-order valence-electron chi connectivity index (χ0n) is 12.1. The minimum absolute atomic E-state index is 0.632. The van der Waals surface area contributed by atoms with E-state index in [0.29, 0.717) is 13.2 Å². The summed E-state index contributed by atoms with van der Waals surface area (Å²) in [5, 5.41) is 3.42. The van der Waals surface area contributed by atoms with Crippen molar-refractivity contribution in [1.29, 1.82) is 0 Å². The number of nitrogens with two attached hydrogens (primary N) is 1. The van der Waals surface area contributed by atoms with Crippen LogP contribution in [0.1, 0.15) is 12.8 Å². The van der Waals surface area contributed by atoms with Gasteiger partial charge in [0.05, 0.1) is 13.2 Å². The molecule has 0 aromatic carbocycles. The Kier molecular flexibility index (Phi) is 7.09. The summed E-state index contributed by atoms with van der Waals surface area (Å²) in [6, 6.07) is 0. The van der Waals surface area contributed by atoms with Crippen LogP contribution >= 0.6 is 0 Å². The molecule has 2 saturated heterocycles. The van der Waals surface area contributed by atoms with Gasteiger partial charge in [-0.2, -0.15) is 0 Å². The highest BCUT2D eigenvalue weighted by Crippen LogP contribution is 2.18. The SMILES string of the molecule is NCCOCCN1CCC(CN2CCNCC2)CC1. The van der Waals surface area contributed by atoms with Crippen LogP contribution in [0.2, 0.25) is 0 Å². The lowest BCUT2D eigenvalue weighted by molar-refractivity contribution is 0.0843. The summed E-state index contributed by atoms with van der Waals surface area (Å²) in [5.41, 5.74) is 5.41. The molecule has 0 amide bonds. The maximum Gasteiger partial charge on any atom is 0.0594 e.